The van der Waals surface area contributed by atoms with Crippen molar-refractivity contribution in [3.8, 4) is 0 Å². The van der Waals surface area contributed by atoms with Crippen molar-refractivity contribution in [2.75, 3.05) is 34.3 Å². The summed E-state index contributed by atoms with van der Waals surface area (Å²) in [5, 5.41) is 0. The molecule has 0 aliphatic carbocycles. The summed E-state index contributed by atoms with van der Waals surface area (Å²) in [5.41, 5.74) is 0. The Balaban J connectivity index is 4.36. The van der Waals surface area contributed by atoms with Gasteiger partial charge in [-0.2, -0.15) is 0 Å². The smallest absolute Gasteiger partial charge is 0.322 e. The molecular formula is C10H20N2O3. The van der Waals surface area contributed by atoms with E-state index in [0.29, 0.717) is 6.54 Å². The molecule has 0 aromatic heterocycles. The largest absolute Gasteiger partial charge is 0.468 e. The van der Waals surface area contributed by atoms with E-state index in [1.54, 1.807) is 25.9 Å². The minimum absolute atomic E-state index is 0.0207. The van der Waals surface area contributed by atoms with Gasteiger partial charge in [0.15, 0.2) is 0 Å². The first-order valence-corrected chi connectivity index (χ1v) is 4.96. The van der Waals surface area contributed by atoms with Gasteiger partial charge < -0.3 is 9.64 Å². The van der Waals surface area contributed by atoms with Crippen LogP contribution in [0.15, 0.2) is 0 Å². The molecule has 5 nitrogen and oxygen atoms in total. The van der Waals surface area contributed by atoms with E-state index in [1.165, 1.54) is 12.0 Å². The fourth-order valence-corrected chi connectivity index (χ4v) is 1.16. The Labute approximate surface area is 91.0 Å². The zero-order valence-corrected chi connectivity index (χ0v) is 10.1. The molecule has 0 bridgehead atoms. The average molecular weight is 216 g/mol. The molecule has 0 rings (SSSR count). The SMILES string of the molecule is CCN(CC(=O)N(C)C)C(C)C(=O)OC. The average Bonchev–Trinajstić information content (AvgIpc) is 2.23. The molecule has 1 atom stereocenters. The zero-order valence-electron chi connectivity index (χ0n) is 10.1. The highest BCUT2D eigenvalue weighted by atomic mass is 16.5. The number of nitrogens with zero attached hydrogens (tertiary/aromatic N) is 2. The topological polar surface area (TPSA) is 49.9 Å². The third-order valence-electron chi connectivity index (χ3n) is 2.33. The summed E-state index contributed by atoms with van der Waals surface area (Å²) in [6.45, 7) is 4.51. The van der Waals surface area contributed by atoms with Gasteiger partial charge in [0, 0.05) is 14.1 Å². The van der Waals surface area contributed by atoms with Crippen molar-refractivity contribution in [1.29, 1.82) is 0 Å². The van der Waals surface area contributed by atoms with E-state index in [0.717, 1.165) is 0 Å². The van der Waals surface area contributed by atoms with Crippen LogP contribution >= 0.6 is 0 Å². The van der Waals surface area contributed by atoms with E-state index >= 15 is 0 Å². The number of esters is 1. The highest BCUT2D eigenvalue weighted by molar-refractivity contribution is 5.80. The first kappa shape index (κ1) is 13.9. The first-order valence-electron chi connectivity index (χ1n) is 4.96. The molecule has 0 N–H and O–H groups in total. The highest BCUT2D eigenvalue weighted by Gasteiger charge is 2.22. The summed E-state index contributed by atoms with van der Waals surface area (Å²) in [7, 11) is 4.73. The van der Waals surface area contributed by atoms with Gasteiger partial charge in [0.05, 0.1) is 13.7 Å². The zero-order chi connectivity index (χ0) is 12.0. The Hall–Kier alpha value is -1.10. The second-order valence-corrected chi connectivity index (χ2v) is 3.55. The molecule has 1 unspecified atom stereocenters. The molecule has 0 spiro atoms. The number of likely N-dealkylation sites (N-methyl/N-ethyl adjacent to an activating group) is 2. The predicted octanol–water partition coefficient (Wildman–Crippen LogP) is -0.0420. The van der Waals surface area contributed by atoms with Crippen LogP contribution in [0.1, 0.15) is 13.8 Å². The second kappa shape index (κ2) is 6.40. The van der Waals surface area contributed by atoms with Gasteiger partial charge in [-0.15, -0.1) is 0 Å². The fraction of sp³-hybridized carbons (Fsp3) is 0.800. The number of carbonyl (C=O) groups is 2. The lowest BCUT2D eigenvalue weighted by Gasteiger charge is -2.26. The monoisotopic (exact) mass is 216 g/mol. The number of methoxy groups -OCH3 is 1. The molecule has 0 aliphatic rings. The lowest BCUT2D eigenvalue weighted by molar-refractivity contribution is -0.147. The van der Waals surface area contributed by atoms with E-state index in [9.17, 15) is 9.59 Å². The minimum atomic E-state index is -0.385. The summed E-state index contributed by atoms with van der Waals surface area (Å²) in [4.78, 5) is 26.0. The summed E-state index contributed by atoms with van der Waals surface area (Å²) >= 11 is 0. The maximum absolute atomic E-state index is 11.5. The summed E-state index contributed by atoms with van der Waals surface area (Å²) in [6.07, 6.45) is 0. The molecule has 15 heavy (non-hydrogen) atoms. The quantitative estimate of drug-likeness (QED) is 0.605. The predicted molar refractivity (Wildman–Crippen MR) is 57.4 cm³/mol. The van der Waals surface area contributed by atoms with Crippen molar-refractivity contribution in [3.05, 3.63) is 0 Å². The van der Waals surface area contributed by atoms with Gasteiger partial charge in [0.1, 0.15) is 6.04 Å². The van der Waals surface area contributed by atoms with Crippen molar-refractivity contribution in [3.63, 3.8) is 0 Å². The third-order valence-corrected chi connectivity index (χ3v) is 2.33. The number of hydrogen-bond donors (Lipinski definition) is 0. The maximum atomic E-state index is 11.5. The van der Waals surface area contributed by atoms with Crippen LogP contribution in [0.3, 0.4) is 0 Å². The standard InChI is InChI=1S/C10H20N2O3/c1-6-12(7-9(13)11(3)4)8(2)10(14)15-5/h8H,6-7H2,1-5H3. The Morgan fingerprint density at radius 1 is 1.33 bits per heavy atom. The molecule has 0 radical (unpaired) electrons. The van der Waals surface area contributed by atoms with Crippen molar-refractivity contribution in [2.45, 2.75) is 19.9 Å². The van der Waals surface area contributed by atoms with E-state index in [4.69, 9.17) is 0 Å². The van der Waals surface area contributed by atoms with Crippen LogP contribution in [-0.2, 0) is 14.3 Å². The van der Waals surface area contributed by atoms with Gasteiger partial charge in [0.25, 0.3) is 0 Å². The maximum Gasteiger partial charge on any atom is 0.322 e. The van der Waals surface area contributed by atoms with Crippen molar-refractivity contribution in [1.82, 2.24) is 9.80 Å². The van der Waals surface area contributed by atoms with E-state index in [2.05, 4.69) is 4.74 Å². The summed E-state index contributed by atoms with van der Waals surface area (Å²) < 4.78 is 4.63. The molecule has 0 aromatic rings. The van der Waals surface area contributed by atoms with Gasteiger partial charge in [-0.25, -0.2) is 0 Å². The van der Waals surface area contributed by atoms with Gasteiger partial charge in [0.2, 0.25) is 5.91 Å². The number of hydrogen-bond acceptors (Lipinski definition) is 4. The lowest BCUT2D eigenvalue weighted by atomic mass is 10.2. The Morgan fingerprint density at radius 3 is 2.20 bits per heavy atom. The second-order valence-electron chi connectivity index (χ2n) is 3.55. The minimum Gasteiger partial charge on any atom is -0.468 e. The van der Waals surface area contributed by atoms with E-state index < -0.39 is 0 Å². The van der Waals surface area contributed by atoms with Crippen LogP contribution < -0.4 is 0 Å². The van der Waals surface area contributed by atoms with Crippen LogP contribution in [0.4, 0.5) is 0 Å². The lowest BCUT2D eigenvalue weighted by Crippen LogP contribution is -2.45. The van der Waals surface area contributed by atoms with Gasteiger partial charge in [-0.1, -0.05) is 6.92 Å². The summed E-state index contributed by atoms with van der Waals surface area (Å²) in [6, 6.07) is -0.385. The van der Waals surface area contributed by atoms with Crippen LogP contribution in [0.5, 0.6) is 0 Å². The molecule has 0 saturated carbocycles. The van der Waals surface area contributed by atoms with Crippen molar-refractivity contribution >= 4 is 11.9 Å². The van der Waals surface area contributed by atoms with Crippen LogP contribution in [0.25, 0.3) is 0 Å². The number of ether oxygens (including phenoxy) is 1. The van der Waals surface area contributed by atoms with Crippen molar-refractivity contribution in [2.24, 2.45) is 0 Å². The Bertz CT molecular complexity index is 229. The normalized spacial score (nSPS) is 12.4. The van der Waals surface area contributed by atoms with Gasteiger partial charge in [-0.3, -0.25) is 14.5 Å². The van der Waals surface area contributed by atoms with E-state index in [1.807, 2.05) is 6.92 Å². The molecule has 5 heteroatoms. The molecule has 1 amide bonds. The van der Waals surface area contributed by atoms with Crippen molar-refractivity contribution < 1.29 is 14.3 Å². The molecule has 0 heterocycles. The van der Waals surface area contributed by atoms with Crippen LogP contribution in [-0.4, -0.2) is 62.0 Å². The molecule has 88 valence electrons. The van der Waals surface area contributed by atoms with Crippen LogP contribution in [0.2, 0.25) is 0 Å². The Kier molecular flexibility index (Phi) is 5.93. The van der Waals surface area contributed by atoms with Crippen LogP contribution in [0, 0.1) is 0 Å². The number of rotatable bonds is 5. The molecule has 0 aliphatic heterocycles. The highest BCUT2D eigenvalue weighted by Crippen LogP contribution is 2.01. The van der Waals surface area contributed by atoms with E-state index in [-0.39, 0.29) is 24.5 Å². The summed E-state index contributed by atoms with van der Waals surface area (Å²) in [5.74, 6) is -0.337. The number of carbonyl (C=O) groups excluding carboxylic acids is 2. The molecule has 0 saturated heterocycles. The molecule has 0 aromatic carbocycles. The third kappa shape index (κ3) is 4.29. The molecular weight excluding hydrogens is 196 g/mol. The Morgan fingerprint density at radius 2 is 1.87 bits per heavy atom. The fourth-order valence-electron chi connectivity index (χ4n) is 1.16. The first-order chi connectivity index (χ1) is 6.93. The molecule has 0 fully saturated rings. The number of amides is 1. The van der Waals surface area contributed by atoms with Gasteiger partial charge >= 0.3 is 5.97 Å². The van der Waals surface area contributed by atoms with Gasteiger partial charge in [-0.05, 0) is 13.5 Å².